The number of hydrogen-bond acceptors (Lipinski definition) is 4. The van der Waals surface area contributed by atoms with Crippen molar-refractivity contribution >= 4 is 6.41 Å². The number of morpholine rings is 1. The zero-order valence-corrected chi connectivity index (χ0v) is 8.75. The van der Waals surface area contributed by atoms with Gasteiger partial charge in [0.15, 0.2) is 0 Å². The molecule has 1 heterocycles. The quantitative estimate of drug-likeness (QED) is 0.464. The molecular formula is C9H18N3O2. The van der Waals surface area contributed by atoms with Crippen LogP contribution in [0.4, 0.5) is 0 Å². The van der Waals surface area contributed by atoms with Crippen molar-refractivity contribution in [1.29, 1.82) is 0 Å². The van der Waals surface area contributed by atoms with Crippen LogP contribution in [0, 0.1) is 5.92 Å². The maximum absolute atomic E-state index is 10.1. The Kier molecular flexibility index (Phi) is 4.86. The Morgan fingerprint density at radius 1 is 1.64 bits per heavy atom. The predicted molar refractivity (Wildman–Crippen MR) is 53.1 cm³/mol. The molecule has 0 unspecified atom stereocenters. The molecule has 1 aliphatic heterocycles. The molecule has 0 spiro atoms. The molecule has 14 heavy (non-hydrogen) atoms. The molecule has 0 aromatic heterocycles. The molecule has 1 radical (unpaired) electrons. The van der Waals surface area contributed by atoms with Crippen LogP contribution in [0.25, 0.3) is 0 Å². The van der Waals surface area contributed by atoms with Crippen LogP contribution in [0.3, 0.4) is 0 Å². The average Bonchev–Trinajstić information content (AvgIpc) is 2.16. The van der Waals surface area contributed by atoms with E-state index in [0.29, 0.717) is 13.0 Å². The Morgan fingerprint density at radius 3 is 3.07 bits per heavy atom. The van der Waals surface area contributed by atoms with Crippen LogP contribution >= 0.6 is 0 Å². The zero-order valence-electron chi connectivity index (χ0n) is 8.75. The number of rotatable bonds is 5. The van der Waals surface area contributed by atoms with Crippen LogP contribution in [0.5, 0.6) is 0 Å². The van der Waals surface area contributed by atoms with Crippen LogP contribution in [-0.2, 0) is 9.53 Å². The third-order valence-electron chi connectivity index (χ3n) is 2.07. The summed E-state index contributed by atoms with van der Waals surface area (Å²) in [7, 11) is 0. The van der Waals surface area contributed by atoms with Crippen molar-refractivity contribution in [3.05, 3.63) is 5.92 Å². The van der Waals surface area contributed by atoms with Gasteiger partial charge in [-0.3, -0.25) is 15.1 Å². The van der Waals surface area contributed by atoms with Crippen molar-refractivity contribution in [2.45, 2.75) is 20.0 Å². The van der Waals surface area contributed by atoms with E-state index in [2.05, 4.69) is 29.6 Å². The molecule has 5 heteroatoms. The molecule has 2 N–H and O–H groups in total. The van der Waals surface area contributed by atoms with Crippen molar-refractivity contribution in [2.75, 3.05) is 26.3 Å². The molecule has 0 bridgehead atoms. The largest absolute Gasteiger partial charge is 0.377 e. The lowest BCUT2D eigenvalue weighted by Gasteiger charge is -2.36. The maximum Gasteiger partial charge on any atom is 0.221 e. The molecule has 0 saturated carbocycles. The second-order valence-electron chi connectivity index (χ2n) is 3.67. The highest BCUT2D eigenvalue weighted by Gasteiger charge is 2.22. The van der Waals surface area contributed by atoms with Crippen LogP contribution in [0.2, 0.25) is 0 Å². The standard InChI is InChI=1S/C9H18N3O2/c1-8(2)5-12-3-4-14-6-9(12)11-10-7-13/h7,9,11H,3-6H2,1-2H3,(H,10,13)/t9-/m1/s1. The van der Waals surface area contributed by atoms with Crippen LogP contribution in [0.15, 0.2) is 0 Å². The Balaban J connectivity index is 2.37. The number of carbonyl (C=O) groups is 1. The number of ether oxygens (including phenoxy) is 1. The topological polar surface area (TPSA) is 53.6 Å². The van der Waals surface area contributed by atoms with Gasteiger partial charge in [0.25, 0.3) is 0 Å². The van der Waals surface area contributed by atoms with Crippen molar-refractivity contribution in [1.82, 2.24) is 15.8 Å². The van der Waals surface area contributed by atoms with Gasteiger partial charge >= 0.3 is 0 Å². The molecular weight excluding hydrogens is 182 g/mol. The Morgan fingerprint density at radius 2 is 2.43 bits per heavy atom. The summed E-state index contributed by atoms with van der Waals surface area (Å²) in [5.74, 6) is 1.35. The van der Waals surface area contributed by atoms with E-state index in [9.17, 15) is 4.79 Å². The van der Waals surface area contributed by atoms with Crippen LogP contribution in [-0.4, -0.2) is 43.8 Å². The summed E-state index contributed by atoms with van der Waals surface area (Å²) in [6.45, 7) is 7.38. The number of nitrogens with zero attached hydrogens (tertiary/aromatic N) is 1. The molecule has 5 nitrogen and oxygen atoms in total. The summed E-state index contributed by atoms with van der Waals surface area (Å²) in [5.41, 5.74) is 5.36. The minimum atomic E-state index is 0.0730. The Bertz CT molecular complexity index is 175. The molecule has 0 aromatic rings. The van der Waals surface area contributed by atoms with E-state index < -0.39 is 0 Å². The van der Waals surface area contributed by atoms with E-state index in [1.807, 2.05) is 0 Å². The van der Waals surface area contributed by atoms with Gasteiger partial charge in [0.1, 0.15) is 6.17 Å². The molecule has 1 amide bonds. The SMILES string of the molecule is C[C](C)CN1CCOC[C@@H]1NNC=O. The zero-order chi connectivity index (χ0) is 10.4. The van der Waals surface area contributed by atoms with Gasteiger partial charge in [-0.1, -0.05) is 13.8 Å². The van der Waals surface area contributed by atoms with E-state index in [1.165, 1.54) is 5.92 Å². The van der Waals surface area contributed by atoms with E-state index in [0.717, 1.165) is 19.7 Å². The number of amides is 1. The highest BCUT2D eigenvalue weighted by atomic mass is 16.5. The molecule has 0 aromatic carbocycles. The van der Waals surface area contributed by atoms with Crippen molar-refractivity contribution in [2.24, 2.45) is 0 Å². The predicted octanol–water partition coefficient (Wildman–Crippen LogP) is -0.490. The van der Waals surface area contributed by atoms with Gasteiger partial charge in [0.05, 0.1) is 13.2 Å². The van der Waals surface area contributed by atoms with E-state index in [-0.39, 0.29) is 6.17 Å². The lowest BCUT2D eigenvalue weighted by molar-refractivity contribution is -0.111. The van der Waals surface area contributed by atoms with E-state index in [1.54, 1.807) is 0 Å². The van der Waals surface area contributed by atoms with Gasteiger partial charge < -0.3 is 4.74 Å². The second kappa shape index (κ2) is 5.95. The first kappa shape index (κ1) is 11.4. The third-order valence-corrected chi connectivity index (χ3v) is 2.07. The van der Waals surface area contributed by atoms with E-state index in [4.69, 9.17) is 4.74 Å². The first-order valence-electron chi connectivity index (χ1n) is 4.79. The highest BCUT2D eigenvalue weighted by molar-refractivity contribution is 5.44. The van der Waals surface area contributed by atoms with Gasteiger partial charge in [0.2, 0.25) is 6.41 Å². The highest BCUT2D eigenvalue weighted by Crippen LogP contribution is 2.07. The minimum Gasteiger partial charge on any atom is -0.377 e. The van der Waals surface area contributed by atoms with Gasteiger partial charge in [-0.2, -0.15) is 0 Å². The number of carbonyl (C=O) groups excluding carboxylic acids is 1. The van der Waals surface area contributed by atoms with Crippen LogP contribution < -0.4 is 10.9 Å². The van der Waals surface area contributed by atoms with E-state index >= 15 is 0 Å². The number of nitrogens with one attached hydrogen (secondary N) is 2. The van der Waals surface area contributed by atoms with Gasteiger partial charge in [0, 0.05) is 13.1 Å². The second-order valence-corrected chi connectivity index (χ2v) is 3.67. The fourth-order valence-electron chi connectivity index (χ4n) is 1.50. The summed E-state index contributed by atoms with van der Waals surface area (Å²) >= 11 is 0. The molecule has 1 rings (SSSR count). The molecule has 81 valence electrons. The van der Waals surface area contributed by atoms with Gasteiger partial charge in [-0.25, -0.2) is 5.43 Å². The lowest BCUT2D eigenvalue weighted by Crippen LogP contribution is -2.57. The maximum atomic E-state index is 10.1. The third kappa shape index (κ3) is 3.61. The monoisotopic (exact) mass is 200 g/mol. The molecule has 0 aliphatic carbocycles. The van der Waals surface area contributed by atoms with Crippen LogP contribution in [0.1, 0.15) is 13.8 Å². The van der Waals surface area contributed by atoms with Crippen molar-refractivity contribution in [3.8, 4) is 0 Å². The fraction of sp³-hybridized carbons (Fsp3) is 0.778. The fourth-order valence-corrected chi connectivity index (χ4v) is 1.50. The summed E-state index contributed by atoms with van der Waals surface area (Å²) in [4.78, 5) is 12.4. The molecule has 1 atom stereocenters. The Labute approximate surface area is 84.8 Å². The first-order chi connectivity index (χ1) is 6.74. The lowest BCUT2D eigenvalue weighted by atomic mass is 10.2. The van der Waals surface area contributed by atoms with Crippen molar-refractivity contribution < 1.29 is 9.53 Å². The first-order valence-corrected chi connectivity index (χ1v) is 4.79. The summed E-state index contributed by atoms with van der Waals surface area (Å²) in [6, 6.07) is 0. The summed E-state index contributed by atoms with van der Waals surface area (Å²) in [5, 5.41) is 0. The number of hydrazine groups is 1. The van der Waals surface area contributed by atoms with Gasteiger partial charge in [-0.05, 0) is 5.92 Å². The molecule has 1 aliphatic rings. The van der Waals surface area contributed by atoms with Crippen molar-refractivity contribution in [3.63, 3.8) is 0 Å². The normalized spacial score (nSPS) is 23.8. The smallest absolute Gasteiger partial charge is 0.221 e. The average molecular weight is 200 g/mol. The summed E-state index contributed by atoms with van der Waals surface area (Å²) < 4.78 is 5.32. The minimum absolute atomic E-state index is 0.0730. The Hall–Kier alpha value is -0.650. The summed E-state index contributed by atoms with van der Waals surface area (Å²) in [6.07, 6.45) is 0.707. The van der Waals surface area contributed by atoms with Gasteiger partial charge in [-0.15, -0.1) is 0 Å². The molecule has 1 saturated heterocycles. The number of hydrogen-bond donors (Lipinski definition) is 2. The molecule has 1 fully saturated rings.